The summed E-state index contributed by atoms with van der Waals surface area (Å²) in [5, 5.41) is 2.85. The molecule has 1 aliphatic heterocycles. The lowest BCUT2D eigenvalue weighted by molar-refractivity contribution is -0.122. The smallest absolute Gasteiger partial charge is 0.229 e. The van der Waals surface area contributed by atoms with Crippen molar-refractivity contribution in [3.63, 3.8) is 0 Å². The molecule has 1 N–H and O–H groups in total. The molecule has 1 unspecified atom stereocenters. The van der Waals surface area contributed by atoms with Gasteiger partial charge in [0.2, 0.25) is 11.8 Å². The second-order valence-electron chi connectivity index (χ2n) is 6.15. The van der Waals surface area contributed by atoms with Gasteiger partial charge in [0.25, 0.3) is 0 Å². The van der Waals surface area contributed by atoms with Crippen LogP contribution in [0.2, 0.25) is 0 Å². The van der Waals surface area contributed by atoms with Crippen LogP contribution in [0.3, 0.4) is 0 Å². The third-order valence-corrected chi connectivity index (χ3v) is 4.78. The maximum absolute atomic E-state index is 12.5. The van der Waals surface area contributed by atoms with Gasteiger partial charge in [0.15, 0.2) is 0 Å². The number of halogens is 1. The van der Waals surface area contributed by atoms with Gasteiger partial charge in [-0.05, 0) is 40.2 Å². The normalized spacial score (nSPS) is 16.8. The van der Waals surface area contributed by atoms with Gasteiger partial charge in [-0.25, -0.2) is 4.98 Å². The lowest BCUT2D eigenvalue weighted by Gasteiger charge is -2.18. The quantitative estimate of drug-likeness (QED) is 0.853. The minimum Gasteiger partial charge on any atom is -0.363 e. The summed E-state index contributed by atoms with van der Waals surface area (Å²) in [6.07, 6.45) is 1.83. The number of nitrogens with zero attached hydrogens (tertiary/aromatic N) is 3. The molecular formula is C18H19BrN4O2. The Morgan fingerprint density at radius 3 is 2.68 bits per heavy atom. The summed E-state index contributed by atoms with van der Waals surface area (Å²) in [7, 11) is 3.81. The number of hydrogen-bond acceptors (Lipinski definition) is 4. The molecule has 2 aromatic rings. The van der Waals surface area contributed by atoms with Crippen LogP contribution >= 0.6 is 15.9 Å². The van der Waals surface area contributed by atoms with Crippen molar-refractivity contribution in [2.75, 3.05) is 35.8 Å². The summed E-state index contributed by atoms with van der Waals surface area (Å²) < 4.78 is 0.841. The molecule has 0 saturated carbocycles. The van der Waals surface area contributed by atoms with Gasteiger partial charge >= 0.3 is 0 Å². The third-order valence-electron chi connectivity index (χ3n) is 4.11. The number of carbonyl (C=O) groups is 2. The molecule has 130 valence electrons. The molecule has 0 radical (unpaired) electrons. The number of benzene rings is 1. The van der Waals surface area contributed by atoms with Gasteiger partial charge in [-0.1, -0.05) is 12.1 Å². The van der Waals surface area contributed by atoms with E-state index in [0.717, 1.165) is 16.0 Å². The van der Waals surface area contributed by atoms with E-state index in [2.05, 4.69) is 26.2 Å². The van der Waals surface area contributed by atoms with Gasteiger partial charge < -0.3 is 15.1 Å². The molecule has 1 atom stereocenters. The predicted octanol–water partition coefficient (Wildman–Crippen LogP) is 2.90. The van der Waals surface area contributed by atoms with Gasteiger partial charge in [-0.2, -0.15) is 0 Å². The molecule has 2 heterocycles. The third kappa shape index (κ3) is 3.82. The van der Waals surface area contributed by atoms with Crippen LogP contribution < -0.4 is 15.1 Å². The second kappa shape index (κ2) is 7.23. The lowest BCUT2D eigenvalue weighted by Crippen LogP contribution is -2.28. The Bertz CT molecular complexity index is 792. The van der Waals surface area contributed by atoms with E-state index in [1.807, 2.05) is 55.4 Å². The van der Waals surface area contributed by atoms with Crippen molar-refractivity contribution in [1.82, 2.24) is 4.98 Å². The van der Waals surface area contributed by atoms with Gasteiger partial charge in [0, 0.05) is 31.5 Å². The Labute approximate surface area is 155 Å². The Hall–Kier alpha value is -2.41. The summed E-state index contributed by atoms with van der Waals surface area (Å²) >= 11 is 3.46. The maximum Gasteiger partial charge on any atom is 0.229 e. The summed E-state index contributed by atoms with van der Waals surface area (Å²) in [4.78, 5) is 32.6. The second-order valence-corrected chi connectivity index (χ2v) is 7.00. The molecule has 0 aliphatic carbocycles. The molecule has 6 nitrogen and oxygen atoms in total. The van der Waals surface area contributed by atoms with Crippen molar-refractivity contribution in [2.24, 2.45) is 5.92 Å². The van der Waals surface area contributed by atoms with Gasteiger partial charge in [0.1, 0.15) is 5.82 Å². The van der Waals surface area contributed by atoms with E-state index in [0.29, 0.717) is 12.2 Å². The Morgan fingerprint density at radius 2 is 2.04 bits per heavy atom. The number of carbonyl (C=O) groups excluding carboxylic acids is 2. The summed E-state index contributed by atoms with van der Waals surface area (Å²) in [6, 6.07) is 11.2. The number of hydrogen-bond donors (Lipinski definition) is 1. The van der Waals surface area contributed by atoms with Gasteiger partial charge in [-0.15, -0.1) is 0 Å². The Balaban J connectivity index is 1.67. The van der Waals surface area contributed by atoms with Crippen LogP contribution in [0, 0.1) is 5.92 Å². The number of anilines is 3. The molecule has 7 heteroatoms. The zero-order valence-corrected chi connectivity index (χ0v) is 15.7. The highest BCUT2D eigenvalue weighted by Crippen LogP contribution is 2.31. The number of para-hydroxylation sites is 1. The van der Waals surface area contributed by atoms with Crippen LogP contribution in [0.5, 0.6) is 0 Å². The molecule has 3 rings (SSSR count). The number of aromatic nitrogens is 1. The number of nitrogens with one attached hydrogen (secondary N) is 1. The number of pyridine rings is 1. The van der Waals surface area contributed by atoms with Crippen LogP contribution in [-0.4, -0.2) is 37.4 Å². The Kier molecular flexibility index (Phi) is 5.03. The molecule has 0 bridgehead atoms. The van der Waals surface area contributed by atoms with Gasteiger partial charge in [-0.3, -0.25) is 9.59 Å². The standard InChI is InChI=1S/C18H19BrN4O2/c1-22(2)16-8-7-13(10-20-16)21-18(25)12-9-17(24)23(11-12)15-6-4-3-5-14(15)19/h3-8,10,12H,9,11H2,1-2H3,(H,21,25). The fourth-order valence-electron chi connectivity index (χ4n) is 2.76. The van der Waals surface area contributed by atoms with E-state index in [-0.39, 0.29) is 24.2 Å². The van der Waals surface area contributed by atoms with Crippen molar-refractivity contribution in [3.8, 4) is 0 Å². The molecule has 25 heavy (non-hydrogen) atoms. The predicted molar refractivity (Wildman–Crippen MR) is 102 cm³/mol. The van der Waals surface area contributed by atoms with Crippen LogP contribution in [0.25, 0.3) is 0 Å². The molecule has 1 aromatic heterocycles. The van der Waals surface area contributed by atoms with Crippen molar-refractivity contribution in [3.05, 3.63) is 47.1 Å². The molecule has 2 amide bonds. The van der Waals surface area contributed by atoms with Crippen LogP contribution in [-0.2, 0) is 9.59 Å². The topological polar surface area (TPSA) is 65.5 Å². The van der Waals surface area contributed by atoms with E-state index in [4.69, 9.17) is 0 Å². The van der Waals surface area contributed by atoms with Gasteiger partial charge in [0.05, 0.1) is 23.5 Å². The fourth-order valence-corrected chi connectivity index (χ4v) is 3.25. The summed E-state index contributed by atoms with van der Waals surface area (Å²) in [6.45, 7) is 0.372. The van der Waals surface area contributed by atoms with Crippen LogP contribution in [0.15, 0.2) is 47.1 Å². The minimum absolute atomic E-state index is 0.0480. The SMILES string of the molecule is CN(C)c1ccc(NC(=O)C2CC(=O)N(c3ccccc3Br)C2)cn1. The molecule has 1 fully saturated rings. The highest BCUT2D eigenvalue weighted by molar-refractivity contribution is 9.10. The lowest BCUT2D eigenvalue weighted by atomic mass is 10.1. The largest absolute Gasteiger partial charge is 0.363 e. The van der Waals surface area contributed by atoms with Crippen molar-refractivity contribution >= 4 is 44.9 Å². The van der Waals surface area contributed by atoms with E-state index in [1.54, 1.807) is 11.1 Å². The molecule has 0 spiro atoms. The first-order chi connectivity index (χ1) is 12.0. The van der Waals surface area contributed by atoms with Crippen molar-refractivity contribution in [2.45, 2.75) is 6.42 Å². The van der Waals surface area contributed by atoms with E-state index in [1.165, 1.54) is 0 Å². The first kappa shape index (κ1) is 17.4. The van der Waals surface area contributed by atoms with Crippen LogP contribution in [0.1, 0.15) is 6.42 Å². The number of rotatable bonds is 4. The first-order valence-electron chi connectivity index (χ1n) is 7.95. The molecule has 1 aliphatic rings. The Morgan fingerprint density at radius 1 is 1.28 bits per heavy atom. The highest BCUT2D eigenvalue weighted by Gasteiger charge is 2.35. The van der Waals surface area contributed by atoms with Crippen LogP contribution in [0.4, 0.5) is 17.2 Å². The first-order valence-corrected chi connectivity index (χ1v) is 8.74. The monoisotopic (exact) mass is 402 g/mol. The molecule has 1 saturated heterocycles. The fraction of sp³-hybridized carbons (Fsp3) is 0.278. The van der Waals surface area contributed by atoms with E-state index >= 15 is 0 Å². The minimum atomic E-state index is -0.381. The van der Waals surface area contributed by atoms with Crippen molar-refractivity contribution < 1.29 is 9.59 Å². The van der Waals surface area contributed by atoms with E-state index in [9.17, 15) is 9.59 Å². The zero-order valence-electron chi connectivity index (χ0n) is 14.1. The zero-order chi connectivity index (χ0) is 18.0. The summed E-state index contributed by atoms with van der Waals surface area (Å²) in [5.41, 5.74) is 1.42. The summed E-state index contributed by atoms with van der Waals surface area (Å²) in [5.74, 6) is 0.220. The van der Waals surface area contributed by atoms with E-state index < -0.39 is 0 Å². The molecular weight excluding hydrogens is 384 g/mol. The highest BCUT2D eigenvalue weighted by atomic mass is 79.9. The average Bonchev–Trinajstić information content (AvgIpc) is 2.97. The maximum atomic E-state index is 12.5. The molecule has 1 aromatic carbocycles. The number of amides is 2. The average molecular weight is 403 g/mol. The van der Waals surface area contributed by atoms with Crippen molar-refractivity contribution in [1.29, 1.82) is 0 Å².